The van der Waals surface area contributed by atoms with Crippen molar-refractivity contribution in [3.63, 3.8) is 0 Å². The van der Waals surface area contributed by atoms with E-state index in [9.17, 15) is 4.79 Å². The molecule has 0 bridgehead atoms. The summed E-state index contributed by atoms with van der Waals surface area (Å²) in [6.45, 7) is 9.98. The van der Waals surface area contributed by atoms with Gasteiger partial charge >= 0.3 is 6.09 Å². The van der Waals surface area contributed by atoms with Gasteiger partial charge in [-0.05, 0) is 33.6 Å². The Kier molecular flexibility index (Phi) is 11.3. The molecule has 1 saturated heterocycles. The molecule has 0 aromatic heterocycles. The molecule has 1 aliphatic carbocycles. The smallest absolute Gasteiger partial charge is 0.407 e. The molecule has 0 aromatic carbocycles. The summed E-state index contributed by atoms with van der Waals surface area (Å²) in [4.78, 5) is 18.7. The predicted octanol–water partition coefficient (Wildman–Crippen LogP) is 2.66. The largest absolute Gasteiger partial charge is 0.444 e. The SMILES string of the molecule is CN=C(NCCNC(=O)OC(C)(C)C)NCC1(N2CCSCC2)CCCC1.I. The highest BCUT2D eigenvalue weighted by atomic mass is 127. The van der Waals surface area contributed by atoms with Crippen LogP contribution in [0.1, 0.15) is 46.5 Å². The summed E-state index contributed by atoms with van der Waals surface area (Å²) in [7, 11) is 1.79. The Labute approximate surface area is 191 Å². The number of thioether (sulfide) groups is 1. The fraction of sp³-hybridized carbons (Fsp3) is 0.895. The summed E-state index contributed by atoms with van der Waals surface area (Å²) in [6, 6.07) is 0. The van der Waals surface area contributed by atoms with E-state index in [1.165, 1.54) is 50.3 Å². The number of ether oxygens (including phenoxy) is 1. The molecule has 9 heteroatoms. The van der Waals surface area contributed by atoms with Gasteiger partial charge in [0.2, 0.25) is 0 Å². The van der Waals surface area contributed by atoms with Crippen LogP contribution in [0, 0.1) is 0 Å². The molecular weight excluding hydrogens is 489 g/mol. The number of amides is 1. The third kappa shape index (κ3) is 8.52. The van der Waals surface area contributed by atoms with Crippen LogP contribution in [0.25, 0.3) is 0 Å². The van der Waals surface area contributed by atoms with Gasteiger partial charge in [-0.15, -0.1) is 24.0 Å². The minimum atomic E-state index is -0.475. The van der Waals surface area contributed by atoms with Gasteiger partial charge in [-0.1, -0.05) is 12.8 Å². The number of rotatable bonds is 6. The predicted molar refractivity (Wildman–Crippen MR) is 129 cm³/mol. The molecule has 1 aliphatic heterocycles. The van der Waals surface area contributed by atoms with Crippen LogP contribution >= 0.6 is 35.7 Å². The van der Waals surface area contributed by atoms with Gasteiger partial charge in [-0.2, -0.15) is 11.8 Å². The second-order valence-electron chi connectivity index (χ2n) is 8.31. The Morgan fingerprint density at radius 2 is 1.71 bits per heavy atom. The summed E-state index contributed by atoms with van der Waals surface area (Å²) in [5.74, 6) is 3.27. The topological polar surface area (TPSA) is 78.0 Å². The number of hydrogen-bond acceptors (Lipinski definition) is 5. The van der Waals surface area contributed by atoms with Crippen LogP contribution in [0.3, 0.4) is 0 Å². The van der Waals surface area contributed by atoms with Crippen molar-refractivity contribution < 1.29 is 9.53 Å². The molecule has 0 aromatic rings. The number of nitrogens with zero attached hydrogens (tertiary/aromatic N) is 2. The molecule has 2 rings (SSSR count). The molecule has 0 unspecified atom stereocenters. The molecule has 0 spiro atoms. The molecule has 7 nitrogen and oxygen atoms in total. The van der Waals surface area contributed by atoms with Crippen LogP contribution in [0.5, 0.6) is 0 Å². The van der Waals surface area contributed by atoms with Crippen molar-refractivity contribution in [2.75, 3.05) is 51.3 Å². The van der Waals surface area contributed by atoms with E-state index >= 15 is 0 Å². The van der Waals surface area contributed by atoms with E-state index in [0.717, 1.165) is 12.5 Å². The normalized spacial score (nSPS) is 20.2. The van der Waals surface area contributed by atoms with Gasteiger partial charge in [0.05, 0.1) is 0 Å². The van der Waals surface area contributed by atoms with Crippen molar-refractivity contribution in [2.45, 2.75) is 57.6 Å². The van der Waals surface area contributed by atoms with Crippen molar-refractivity contribution in [2.24, 2.45) is 4.99 Å². The maximum absolute atomic E-state index is 11.7. The maximum Gasteiger partial charge on any atom is 0.407 e. The first-order chi connectivity index (χ1) is 12.8. The molecule has 1 saturated carbocycles. The number of nitrogens with one attached hydrogen (secondary N) is 3. The molecule has 1 amide bonds. The average molecular weight is 528 g/mol. The van der Waals surface area contributed by atoms with E-state index in [2.05, 4.69) is 37.6 Å². The van der Waals surface area contributed by atoms with Gasteiger partial charge in [0.1, 0.15) is 5.60 Å². The van der Waals surface area contributed by atoms with Crippen molar-refractivity contribution in [3.05, 3.63) is 0 Å². The third-order valence-corrected chi connectivity index (χ3v) is 6.05. The Morgan fingerprint density at radius 3 is 2.29 bits per heavy atom. The van der Waals surface area contributed by atoms with Crippen molar-refractivity contribution in [1.82, 2.24) is 20.9 Å². The first-order valence-corrected chi connectivity index (χ1v) is 11.2. The lowest BCUT2D eigenvalue weighted by Gasteiger charge is -2.43. The van der Waals surface area contributed by atoms with Gasteiger partial charge in [-0.25, -0.2) is 4.79 Å². The molecule has 3 N–H and O–H groups in total. The molecule has 0 atom stereocenters. The fourth-order valence-corrected chi connectivity index (χ4v) is 4.71. The molecule has 1 heterocycles. The van der Waals surface area contributed by atoms with Crippen molar-refractivity contribution in [1.29, 1.82) is 0 Å². The maximum atomic E-state index is 11.7. The first kappa shape index (κ1) is 25.6. The van der Waals surface area contributed by atoms with E-state index in [1.54, 1.807) is 7.05 Å². The Hall–Kier alpha value is -0.420. The van der Waals surface area contributed by atoms with Crippen LogP contribution in [0.2, 0.25) is 0 Å². The molecular formula is C19H38IN5O2S. The lowest BCUT2D eigenvalue weighted by atomic mass is 9.94. The van der Waals surface area contributed by atoms with Crippen LogP contribution in [-0.4, -0.2) is 79.4 Å². The van der Waals surface area contributed by atoms with E-state index < -0.39 is 5.60 Å². The van der Waals surface area contributed by atoms with Crippen LogP contribution < -0.4 is 16.0 Å². The molecule has 28 heavy (non-hydrogen) atoms. The van der Waals surface area contributed by atoms with Crippen molar-refractivity contribution in [3.8, 4) is 0 Å². The zero-order valence-corrected chi connectivity index (χ0v) is 21.0. The van der Waals surface area contributed by atoms with Crippen LogP contribution in [-0.2, 0) is 4.74 Å². The van der Waals surface area contributed by atoms with Crippen LogP contribution in [0.4, 0.5) is 4.79 Å². The van der Waals surface area contributed by atoms with Gasteiger partial charge < -0.3 is 20.7 Å². The molecule has 164 valence electrons. The standard InChI is InChI=1S/C19H37N5O2S.HI/c1-18(2,3)26-17(25)22-10-9-21-16(20-4)23-15-19(7-5-6-8-19)24-11-13-27-14-12-24;/h5-15H2,1-4H3,(H,22,25)(H2,20,21,23);1H. The van der Waals surface area contributed by atoms with E-state index in [-0.39, 0.29) is 35.6 Å². The zero-order valence-electron chi connectivity index (χ0n) is 17.8. The minimum Gasteiger partial charge on any atom is -0.444 e. The number of hydrogen-bond donors (Lipinski definition) is 3. The number of aliphatic imine (C=N–C) groups is 1. The number of guanidine groups is 1. The number of carbonyl (C=O) groups excluding carboxylic acids is 1. The number of carbonyl (C=O) groups is 1. The lowest BCUT2D eigenvalue weighted by molar-refractivity contribution is 0.0529. The zero-order chi connectivity index (χ0) is 19.8. The molecule has 0 radical (unpaired) electrons. The van der Waals surface area contributed by atoms with E-state index in [0.29, 0.717) is 13.1 Å². The Balaban J connectivity index is 0.00000392. The fourth-order valence-electron chi connectivity index (χ4n) is 3.80. The first-order valence-electron chi connectivity index (χ1n) is 10.1. The highest BCUT2D eigenvalue weighted by Crippen LogP contribution is 2.36. The number of alkyl carbamates (subject to hydrolysis) is 1. The second kappa shape index (κ2) is 12.3. The van der Waals surface area contributed by atoms with E-state index in [4.69, 9.17) is 4.74 Å². The van der Waals surface area contributed by atoms with Gasteiger partial charge in [0, 0.05) is 56.8 Å². The highest BCUT2D eigenvalue weighted by molar-refractivity contribution is 14.0. The average Bonchev–Trinajstić information content (AvgIpc) is 3.10. The summed E-state index contributed by atoms with van der Waals surface area (Å²) in [6.07, 6.45) is 4.78. The Bertz CT molecular complexity index is 501. The number of halogens is 1. The summed E-state index contributed by atoms with van der Waals surface area (Å²) in [5.41, 5.74) is -0.203. The highest BCUT2D eigenvalue weighted by Gasteiger charge is 2.39. The summed E-state index contributed by atoms with van der Waals surface area (Å²) >= 11 is 2.06. The third-order valence-electron chi connectivity index (χ3n) is 5.11. The van der Waals surface area contributed by atoms with Crippen LogP contribution in [0.15, 0.2) is 4.99 Å². The monoisotopic (exact) mass is 527 g/mol. The van der Waals surface area contributed by atoms with E-state index in [1.807, 2.05) is 20.8 Å². The van der Waals surface area contributed by atoms with Crippen molar-refractivity contribution >= 4 is 47.8 Å². The second-order valence-corrected chi connectivity index (χ2v) is 9.54. The quantitative estimate of drug-likeness (QED) is 0.214. The Morgan fingerprint density at radius 1 is 1.11 bits per heavy atom. The molecule has 2 fully saturated rings. The van der Waals surface area contributed by atoms with Gasteiger partial charge in [-0.3, -0.25) is 9.89 Å². The van der Waals surface area contributed by atoms with Gasteiger partial charge in [0.25, 0.3) is 0 Å². The summed E-state index contributed by atoms with van der Waals surface area (Å²) in [5, 5.41) is 9.56. The lowest BCUT2D eigenvalue weighted by Crippen LogP contribution is -2.57. The molecule has 2 aliphatic rings. The summed E-state index contributed by atoms with van der Waals surface area (Å²) < 4.78 is 5.24. The van der Waals surface area contributed by atoms with Gasteiger partial charge in [0.15, 0.2) is 5.96 Å². The minimum absolute atomic E-state index is 0.